The van der Waals surface area contributed by atoms with E-state index in [2.05, 4.69) is 39.8 Å². The molecule has 6 nitrogen and oxygen atoms in total. The van der Waals surface area contributed by atoms with Crippen LogP contribution in [-0.2, 0) is 11.3 Å². The molecule has 1 amide bonds. The second kappa shape index (κ2) is 6.71. The van der Waals surface area contributed by atoms with Crippen molar-refractivity contribution >= 4 is 17.7 Å². The maximum absolute atomic E-state index is 12.1. The fraction of sp³-hybridized carbons (Fsp3) is 0.429. The van der Waals surface area contributed by atoms with Gasteiger partial charge in [-0.3, -0.25) is 4.79 Å². The maximum atomic E-state index is 12.1. The number of hydrogen-bond donors (Lipinski definition) is 0. The van der Waals surface area contributed by atoms with Gasteiger partial charge in [0.2, 0.25) is 5.91 Å². The van der Waals surface area contributed by atoms with Gasteiger partial charge in [-0.1, -0.05) is 18.2 Å². The van der Waals surface area contributed by atoms with Gasteiger partial charge in [0.25, 0.3) is 0 Å². The molecule has 1 saturated heterocycles. The fourth-order valence-corrected chi connectivity index (χ4v) is 3.47. The predicted molar refractivity (Wildman–Crippen MR) is 79.7 cm³/mol. The minimum absolute atomic E-state index is 0.0921. The number of amides is 1. The highest BCUT2D eigenvalue weighted by atomic mass is 32.2. The summed E-state index contributed by atoms with van der Waals surface area (Å²) in [5, 5.41) is 10.8. The Labute approximate surface area is 127 Å². The zero-order valence-electron chi connectivity index (χ0n) is 11.6. The van der Waals surface area contributed by atoms with Crippen LogP contribution in [0.3, 0.4) is 0 Å². The number of aromatic nitrogens is 4. The summed E-state index contributed by atoms with van der Waals surface area (Å²) in [7, 11) is 0. The molecule has 0 aliphatic carbocycles. The minimum atomic E-state index is 0.0921. The van der Waals surface area contributed by atoms with Crippen molar-refractivity contribution in [2.24, 2.45) is 5.92 Å². The summed E-state index contributed by atoms with van der Waals surface area (Å²) < 4.78 is 1.47. The third-order valence-electron chi connectivity index (χ3n) is 3.56. The Morgan fingerprint density at radius 2 is 2.19 bits per heavy atom. The van der Waals surface area contributed by atoms with Crippen molar-refractivity contribution in [1.82, 2.24) is 25.1 Å². The first kappa shape index (κ1) is 14.1. The number of hydrogen-bond acceptors (Lipinski definition) is 5. The van der Waals surface area contributed by atoms with E-state index in [0.717, 1.165) is 25.3 Å². The van der Waals surface area contributed by atoms with Crippen molar-refractivity contribution in [2.45, 2.75) is 17.9 Å². The molecule has 0 spiro atoms. The smallest absolute Gasteiger partial charge is 0.244 e. The Bertz CT molecular complexity index is 574. The van der Waals surface area contributed by atoms with Crippen LogP contribution in [0.25, 0.3) is 0 Å². The van der Waals surface area contributed by atoms with Crippen LogP contribution in [0.1, 0.15) is 6.42 Å². The average molecular weight is 303 g/mol. The lowest BCUT2D eigenvalue weighted by atomic mass is 10.2. The number of likely N-dealkylation sites (tertiary alicyclic amines) is 1. The summed E-state index contributed by atoms with van der Waals surface area (Å²) in [6, 6.07) is 10.4. The Balaban J connectivity index is 1.45. The molecule has 110 valence electrons. The van der Waals surface area contributed by atoms with Gasteiger partial charge in [0.05, 0.1) is 0 Å². The molecule has 0 bridgehead atoms. The van der Waals surface area contributed by atoms with Gasteiger partial charge in [0.1, 0.15) is 12.9 Å². The molecule has 1 aliphatic rings. The summed E-state index contributed by atoms with van der Waals surface area (Å²) in [6.07, 6.45) is 2.54. The van der Waals surface area contributed by atoms with Gasteiger partial charge >= 0.3 is 0 Å². The SMILES string of the molecule is O=C(Cn1cnnn1)N1CC[C@H](CSc2ccccc2)C1. The van der Waals surface area contributed by atoms with Gasteiger partial charge < -0.3 is 4.90 Å². The molecule has 1 aromatic heterocycles. The van der Waals surface area contributed by atoms with Crippen molar-refractivity contribution in [2.75, 3.05) is 18.8 Å². The molecule has 1 aliphatic heterocycles. The second-order valence-electron chi connectivity index (χ2n) is 5.13. The minimum Gasteiger partial charge on any atom is -0.341 e. The van der Waals surface area contributed by atoms with Crippen LogP contribution < -0.4 is 0 Å². The Kier molecular flexibility index (Phi) is 4.49. The summed E-state index contributed by atoms with van der Waals surface area (Å²) in [4.78, 5) is 15.3. The van der Waals surface area contributed by atoms with Crippen LogP contribution in [0, 0.1) is 5.92 Å². The molecule has 21 heavy (non-hydrogen) atoms. The first-order valence-corrected chi connectivity index (χ1v) is 7.96. The van der Waals surface area contributed by atoms with Crippen molar-refractivity contribution in [3.8, 4) is 0 Å². The number of thioether (sulfide) groups is 1. The summed E-state index contributed by atoms with van der Waals surface area (Å²) in [5.74, 6) is 1.71. The normalized spacial score (nSPS) is 18.1. The first-order chi connectivity index (χ1) is 10.3. The molecule has 2 heterocycles. The maximum Gasteiger partial charge on any atom is 0.244 e. The molecule has 7 heteroatoms. The summed E-state index contributed by atoms with van der Waals surface area (Å²) in [6.45, 7) is 1.90. The molecule has 0 radical (unpaired) electrons. The summed E-state index contributed by atoms with van der Waals surface area (Å²) in [5.41, 5.74) is 0. The molecule has 0 unspecified atom stereocenters. The first-order valence-electron chi connectivity index (χ1n) is 6.97. The van der Waals surface area contributed by atoms with Gasteiger partial charge in [0.15, 0.2) is 0 Å². The Morgan fingerprint density at radius 1 is 1.33 bits per heavy atom. The number of nitrogens with zero attached hydrogens (tertiary/aromatic N) is 5. The number of rotatable bonds is 5. The molecule has 3 rings (SSSR count). The third kappa shape index (κ3) is 3.81. The fourth-order valence-electron chi connectivity index (χ4n) is 2.42. The highest BCUT2D eigenvalue weighted by Crippen LogP contribution is 2.25. The number of carbonyl (C=O) groups excluding carboxylic acids is 1. The Morgan fingerprint density at radius 3 is 2.95 bits per heavy atom. The topological polar surface area (TPSA) is 63.9 Å². The highest BCUT2D eigenvalue weighted by molar-refractivity contribution is 7.99. The van der Waals surface area contributed by atoms with E-state index in [4.69, 9.17) is 0 Å². The van der Waals surface area contributed by atoms with E-state index in [-0.39, 0.29) is 12.5 Å². The van der Waals surface area contributed by atoms with Gasteiger partial charge in [-0.25, -0.2) is 4.68 Å². The lowest BCUT2D eigenvalue weighted by molar-refractivity contribution is -0.131. The van der Waals surface area contributed by atoms with E-state index in [1.807, 2.05) is 22.7 Å². The van der Waals surface area contributed by atoms with Crippen molar-refractivity contribution < 1.29 is 4.79 Å². The van der Waals surface area contributed by atoms with Crippen molar-refractivity contribution in [3.05, 3.63) is 36.7 Å². The quantitative estimate of drug-likeness (QED) is 0.779. The van der Waals surface area contributed by atoms with Gasteiger partial charge in [-0.05, 0) is 34.9 Å². The van der Waals surface area contributed by atoms with Gasteiger partial charge in [-0.2, -0.15) is 0 Å². The van der Waals surface area contributed by atoms with E-state index in [0.29, 0.717) is 5.92 Å². The number of carbonyl (C=O) groups is 1. The molecular formula is C14H17N5OS. The molecule has 1 atom stereocenters. The van der Waals surface area contributed by atoms with Crippen LogP contribution in [0.15, 0.2) is 41.6 Å². The number of benzene rings is 1. The van der Waals surface area contributed by atoms with E-state index >= 15 is 0 Å². The molecule has 1 fully saturated rings. The Hall–Kier alpha value is -1.89. The van der Waals surface area contributed by atoms with Crippen LogP contribution in [0.5, 0.6) is 0 Å². The lowest BCUT2D eigenvalue weighted by Crippen LogP contribution is -2.32. The van der Waals surface area contributed by atoms with Crippen LogP contribution in [-0.4, -0.2) is 49.9 Å². The molecular weight excluding hydrogens is 286 g/mol. The zero-order chi connectivity index (χ0) is 14.5. The molecule has 0 N–H and O–H groups in total. The zero-order valence-corrected chi connectivity index (χ0v) is 12.4. The van der Waals surface area contributed by atoms with E-state index in [1.54, 1.807) is 0 Å². The summed E-state index contributed by atoms with van der Waals surface area (Å²) >= 11 is 1.86. The van der Waals surface area contributed by atoms with E-state index in [1.165, 1.54) is 15.9 Å². The van der Waals surface area contributed by atoms with Crippen molar-refractivity contribution in [1.29, 1.82) is 0 Å². The lowest BCUT2D eigenvalue weighted by Gasteiger charge is -2.16. The molecule has 0 saturated carbocycles. The van der Waals surface area contributed by atoms with E-state index < -0.39 is 0 Å². The van der Waals surface area contributed by atoms with Crippen LogP contribution in [0.2, 0.25) is 0 Å². The molecule has 2 aromatic rings. The van der Waals surface area contributed by atoms with Crippen LogP contribution >= 0.6 is 11.8 Å². The predicted octanol–water partition coefficient (Wildman–Crippen LogP) is 1.31. The monoisotopic (exact) mass is 303 g/mol. The van der Waals surface area contributed by atoms with Gasteiger partial charge in [-0.15, -0.1) is 16.9 Å². The highest BCUT2D eigenvalue weighted by Gasteiger charge is 2.26. The second-order valence-corrected chi connectivity index (χ2v) is 6.22. The average Bonchev–Trinajstić information content (AvgIpc) is 3.17. The molecule has 1 aromatic carbocycles. The third-order valence-corrected chi connectivity index (χ3v) is 4.80. The number of tetrazole rings is 1. The van der Waals surface area contributed by atoms with Gasteiger partial charge in [0, 0.05) is 23.7 Å². The van der Waals surface area contributed by atoms with E-state index in [9.17, 15) is 4.79 Å². The largest absolute Gasteiger partial charge is 0.341 e. The van der Waals surface area contributed by atoms with Crippen LogP contribution in [0.4, 0.5) is 0 Å². The van der Waals surface area contributed by atoms with Crippen molar-refractivity contribution in [3.63, 3.8) is 0 Å². The standard InChI is InChI=1S/C14H17N5OS/c20-14(9-19-11-15-16-17-19)18-7-6-12(8-18)10-21-13-4-2-1-3-5-13/h1-5,11-12H,6-10H2/t12-/m0/s1.